The van der Waals surface area contributed by atoms with Crippen molar-refractivity contribution in [2.24, 2.45) is 0 Å². The number of rotatable bonds is 7. The number of pyridine rings is 1. The van der Waals surface area contributed by atoms with Crippen LogP contribution in [-0.4, -0.2) is 37.5 Å². The van der Waals surface area contributed by atoms with Crippen LogP contribution in [0.1, 0.15) is 20.3 Å². The van der Waals surface area contributed by atoms with E-state index in [0.717, 1.165) is 22.1 Å². The first-order valence-electron chi connectivity index (χ1n) is 8.66. The highest BCUT2D eigenvalue weighted by Gasteiger charge is 2.21. The summed E-state index contributed by atoms with van der Waals surface area (Å²) in [7, 11) is 0. The second kappa shape index (κ2) is 9.14. The summed E-state index contributed by atoms with van der Waals surface area (Å²) in [6.45, 7) is 4.58. The van der Waals surface area contributed by atoms with Crippen LogP contribution in [0.5, 0.6) is 0 Å². The second-order valence-corrected chi connectivity index (χ2v) is 8.13. The first kappa shape index (κ1) is 19.6. The quantitative estimate of drug-likeness (QED) is 0.554. The third-order valence-corrected chi connectivity index (χ3v) is 5.41. The molecular weight excluding hydrogens is 426 g/mol. The van der Waals surface area contributed by atoms with Gasteiger partial charge in [-0.2, -0.15) is 0 Å². The Balaban J connectivity index is 1.98. The van der Waals surface area contributed by atoms with Gasteiger partial charge in [-0.05, 0) is 49.7 Å². The minimum Gasteiger partial charge on any atom is -0.355 e. The summed E-state index contributed by atoms with van der Waals surface area (Å²) in [5.74, 6) is 0.684. The Morgan fingerprint density at radius 2 is 2.04 bits per heavy atom. The lowest BCUT2D eigenvalue weighted by Gasteiger charge is -2.13. The van der Waals surface area contributed by atoms with Crippen molar-refractivity contribution in [1.29, 1.82) is 0 Å². The first-order chi connectivity index (χ1) is 13.1. The number of carbonyl (C=O) groups excluding carboxylic acids is 1. The van der Waals surface area contributed by atoms with Crippen LogP contribution in [0, 0.1) is 0 Å². The molecule has 3 aromatic rings. The van der Waals surface area contributed by atoms with E-state index in [9.17, 15) is 4.79 Å². The van der Waals surface area contributed by atoms with Crippen molar-refractivity contribution in [2.45, 2.75) is 30.7 Å². The van der Waals surface area contributed by atoms with Crippen LogP contribution < -0.4 is 5.32 Å². The molecule has 0 saturated carbocycles. The number of amides is 1. The maximum atomic E-state index is 12.3. The topological polar surface area (TPSA) is 72.7 Å². The Morgan fingerprint density at radius 1 is 1.26 bits per heavy atom. The molecule has 0 fully saturated rings. The number of benzene rings is 1. The van der Waals surface area contributed by atoms with E-state index in [1.165, 1.54) is 11.8 Å². The van der Waals surface area contributed by atoms with Gasteiger partial charge in [-0.25, -0.2) is 0 Å². The predicted octanol–water partition coefficient (Wildman–Crippen LogP) is 4.10. The lowest BCUT2D eigenvalue weighted by molar-refractivity contribution is -0.120. The molecule has 1 atom stereocenters. The summed E-state index contributed by atoms with van der Waals surface area (Å²) < 4.78 is 2.95. The first-order valence-corrected chi connectivity index (χ1v) is 10.3. The fourth-order valence-electron chi connectivity index (χ4n) is 2.45. The van der Waals surface area contributed by atoms with Crippen LogP contribution in [0.2, 0.25) is 0 Å². The highest BCUT2D eigenvalue weighted by atomic mass is 79.9. The number of thioether (sulfide) groups is 1. The third-order valence-electron chi connectivity index (χ3n) is 3.84. The van der Waals surface area contributed by atoms with E-state index in [-0.39, 0.29) is 11.2 Å². The van der Waals surface area contributed by atoms with Crippen molar-refractivity contribution in [3.05, 3.63) is 53.3 Å². The van der Waals surface area contributed by atoms with Gasteiger partial charge in [0.25, 0.3) is 0 Å². The predicted molar refractivity (Wildman–Crippen MR) is 111 cm³/mol. The molecule has 6 nitrogen and oxygen atoms in total. The number of hydrogen-bond donors (Lipinski definition) is 1. The van der Waals surface area contributed by atoms with E-state index in [0.29, 0.717) is 17.5 Å². The molecule has 27 heavy (non-hydrogen) atoms. The molecule has 1 N–H and O–H groups in total. The summed E-state index contributed by atoms with van der Waals surface area (Å²) >= 11 is 4.85. The van der Waals surface area contributed by atoms with E-state index in [1.807, 2.05) is 54.8 Å². The molecule has 8 heteroatoms. The van der Waals surface area contributed by atoms with Crippen LogP contribution in [0.4, 0.5) is 0 Å². The minimum absolute atomic E-state index is 0.00451. The van der Waals surface area contributed by atoms with Crippen LogP contribution in [0.3, 0.4) is 0 Å². The van der Waals surface area contributed by atoms with Crippen LogP contribution >= 0.6 is 27.7 Å². The number of carbonyl (C=O) groups is 1. The lowest BCUT2D eigenvalue weighted by Crippen LogP contribution is -2.31. The molecule has 1 unspecified atom stereocenters. The Bertz CT molecular complexity index is 898. The molecular formula is C19H20BrN5OS. The summed E-state index contributed by atoms with van der Waals surface area (Å²) in [5, 5.41) is 12.0. The summed E-state index contributed by atoms with van der Waals surface area (Å²) in [5.41, 5.74) is 1.79. The molecule has 0 bridgehead atoms. The highest BCUT2D eigenvalue weighted by molar-refractivity contribution is 9.10. The van der Waals surface area contributed by atoms with E-state index in [2.05, 4.69) is 36.4 Å². The molecule has 0 aliphatic carbocycles. The highest BCUT2D eigenvalue weighted by Crippen LogP contribution is 2.30. The Kier molecular flexibility index (Phi) is 6.63. The maximum Gasteiger partial charge on any atom is 0.233 e. The van der Waals surface area contributed by atoms with Crippen molar-refractivity contribution in [1.82, 2.24) is 25.1 Å². The van der Waals surface area contributed by atoms with Gasteiger partial charge in [-0.3, -0.25) is 14.3 Å². The SMILES string of the molecule is CCCNC(=O)C(C)Sc1nnc(-c2cccnc2)n1-c1ccc(Br)cc1. The molecule has 0 saturated heterocycles. The van der Waals surface area contributed by atoms with Gasteiger partial charge in [0.1, 0.15) is 0 Å². The molecule has 1 amide bonds. The van der Waals surface area contributed by atoms with Crippen LogP contribution in [0.25, 0.3) is 17.1 Å². The zero-order valence-electron chi connectivity index (χ0n) is 15.1. The molecule has 2 heterocycles. The van der Waals surface area contributed by atoms with E-state index in [4.69, 9.17) is 0 Å². The third kappa shape index (κ3) is 4.75. The zero-order chi connectivity index (χ0) is 19.2. The number of hydrogen-bond acceptors (Lipinski definition) is 5. The van der Waals surface area contributed by atoms with Crippen molar-refractivity contribution in [3.63, 3.8) is 0 Å². The Hall–Kier alpha value is -2.19. The number of nitrogens with one attached hydrogen (secondary N) is 1. The van der Waals surface area contributed by atoms with Gasteiger partial charge in [-0.15, -0.1) is 10.2 Å². The van der Waals surface area contributed by atoms with Crippen LogP contribution in [0.15, 0.2) is 58.4 Å². The minimum atomic E-state index is -0.281. The Morgan fingerprint density at radius 3 is 2.70 bits per heavy atom. The Labute approximate surface area is 170 Å². The molecule has 1 aromatic carbocycles. The average Bonchev–Trinajstić information content (AvgIpc) is 3.10. The van der Waals surface area contributed by atoms with Gasteiger partial charge >= 0.3 is 0 Å². The summed E-state index contributed by atoms with van der Waals surface area (Å²) in [6, 6.07) is 11.7. The number of nitrogens with zero attached hydrogens (tertiary/aromatic N) is 4. The molecule has 0 aliphatic rings. The maximum absolute atomic E-state index is 12.3. The van der Waals surface area contributed by atoms with Gasteiger partial charge in [0.2, 0.25) is 5.91 Å². The fraction of sp³-hybridized carbons (Fsp3) is 0.263. The summed E-state index contributed by atoms with van der Waals surface area (Å²) in [6.07, 6.45) is 4.38. The number of halogens is 1. The number of aromatic nitrogens is 4. The van der Waals surface area contributed by atoms with Crippen LogP contribution in [-0.2, 0) is 4.79 Å². The smallest absolute Gasteiger partial charge is 0.233 e. The van der Waals surface area contributed by atoms with Crippen molar-refractivity contribution in [2.75, 3.05) is 6.54 Å². The van der Waals surface area contributed by atoms with Gasteiger partial charge in [0, 0.05) is 34.7 Å². The standard InChI is InChI=1S/C19H20BrN5OS/c1-3-10-22-18(26)13(2)27-19-24-23-17(14-5-4-11-21-12-14)25(19)16-8-6-15(20)7-9-16/h4-9,11-13H,3,10H2,1-2H3,(H,22,26). The average molecular weight is 446 g/mol. The summed E-state index contributed by atoms with van der Waals surface area (Å²) in [4.78, 5) is 16.5. The van der Waals surface area contributed by atoms with Crippen molar-refractivity contribution < 1.29 is 4.79 Å². The largest absolute Gasteiger partial charge is 0.355 e. The normalized spacial score (nSPS) is 12.0. The van der Waals surface area contributed by atoms with Gasteiger partial charge in [0.15, 0.2) is 11.0 Å². The fourth-order valence-corrected chi connectivity index (χ4v) is 3.61. The second-order valence-electron chi connectivity index (χ2n) is 5.91. The van der Waals surface area contributed by atoms with E-state index < -0.39 is 0 Å². The van der Waals surface area contributed by atoms with E-state index >= 15 is 0 Å². The van der Waals surface area contributed by atoms with E-state index in [1.54, 1.807) is 12.4 Å². The molecule has 3 rings (SSSR count). The lowest BCUT2D eigenvalue weighted by atomic mass is 10.2. The van der Waals surface area contributed by atoms with Crippen molar-refractivity contribution in [3.8, 4) is 17.1 Å². The van der Waals surface area contributed by atoms with Crippen molar-refractivity contribution >= 4 is 33.6 Å². The molecule has 140 valence electrons. The zero-order valence-corrected chi connectivity index (χ0v) is 17.5. The molecule has 2 aromatic heterocycles. The van der Waals surface area contributed by atoms with Gasteiger partial charge < -0.3 is 5.32 Å². The van der Waals surface area contributed by atoms with Gasteiger partial charge in [-0.1, -0.05) is 34.6 Å². The molecule has 0 spiro atoms. The molecule has 0 radical (unpaired) electrons. The van der Waals surface area contributed by atoms with Gasteiger partial charge in [0.05, 0.1) is 5.25 Å². The molecule has 0 aliphatic heterocycles. The monoisotopic (exact) mass is 445 g/mol.